The molecule has 0 aromatic carbocycles. The summed E-state index contributed by atoms with van der Waals surface area (Å²) in [6, 6.07) is 0. The molecule has 50 heavy (non-hydrogen) atoms. The first-order valence-electron chi connectivity index (χ1n) is 24.5. The lowest BCUT2D eigenvalue weighted by atomic mass is 9.39. The van der Waals surface area contributed by atoms with Gasteiger partial charge in [0.1, 0.15) is 0 Å². The van der Waals surface area contributed by atoms with Gasteiger partial charge in [-0.15, -0.1) is 0 Å². The van der Waals surface area contributed by atoms with Gasteiger partial charge in [0.05, 0.1) is 0 Å². The van der Waals surface area contributed by atoms with Crippen molar-refractivity contribution >= 4 is 0 Å². The Balaban J connectivity index is 1.03. The van der Waals surface area contributed by atoms with Crippen molar-refractivity contribution in [1.82, 2.24) is 0 Å². The summed E-state index contributed by atoms with van der Waals surface area (Å²) in [7, 11) is 0. The molecule has 0 saturated heterocycles. The lowest BCUT2D eigenvalue weighted by molar-refractivity contribution is -0.142. The van der Waals surface area contributed by atoms with Gasteiger partial charge in [0.2, 0.25) is 0 Å². The van der Waals surface area contributed by atoms with Crippen molar-refractivity contribution in [3.63, 3.8) is 0 Å². The molecule has 0 nitrogen and oxygen atoms in total. The van der Waals surface area contributed by atoms with E-state index in [9.17, 15) is 0 Å². The van der Waals surface area contributed by atoms with Gasteiger partial charge >= 0.3 is 0 Å². The normalized spacial score (nSPS) is 53.8. The second kappa shape index (κ2) is 13.8. The van der Waals surface area contributed by atoms with Crippen LogP contribution in [0.1, 0.15) is 186 Å². The lowest BCUT2D eigenvalue weighted by Crippen LogP contribution is -2.59. The molecular weight excluding hydrogens is 601 g/mol. The van der Waals surface area contributed by atoms with Crippen molar-refractivity contribution in [2.24, 2.45) is 112 Å². The number of hydrogen-bond donors (Lipinski definition) is 0. The summed E-state index contributed by atoms with van der Waals surface area (Å²) in [5.74, 6) is 20.6. The van der Waals surface area contributed by atoms with Crippen molar-refractivity contribution in [2.45, 2.75) is 186 Å². The minimum Gasteiger partial charge on any atom is -0.0810 e. The Kier molecular flexibility index (Phi) is 9.13. The van der Waals surface area contributed by atoms with Crippen molar-refractivity contribution < 1.29 is 0 Å². The molecule has 0 heterocycles. The Hall–Kier alpha value is -0.260. The summed E-state index contributed by atoms with van der Waals surface area (Å²) in [6.45, 7) is 0. The Morgan fingerprint density at radius 1 is 0.300 bits per heavy atom. The first-order valence-corrected chi connectivity index (χ1v) is 24.5. The number of rotatable bonds is 2. The third kappa shape index (κ3) is 5.34. The summed E-state index contributed by atoms with van der Waals surface area (Å²) < 4.78 is 0. The van der Waals surface area contributed by atoms with E-state index >= 15 is 0 Å². The van der Waals surface area contributed by atoms with Gasteiger partial charge < -0.3 is 0 Å². The molecule has 0 heteroatoms. The van der Waals surface area contributed by atoms with E-state index in [4.69, 9.17) is 0 Å². The van der Waals surface area contributed by atoms with E-state index < -0.39 is 0 Å². The molecule has 278 valence electrons. The van der Waals surface area contributed by atoms with Crippen LogP contribution in [0.25, 0.3) is 0 Å². The predicted octanol–water partition coefficient (Wildman–Crippen LogP) is 14.1. The molecule has 0 N–H and O–H groups in total. The van der Waals surface area contributed by atoms with E-state index in [2.05, 4.69) is 11.6 Å². The fraction of sp³-hybridized carbons (Fsp3) is 0.960. The molecule has 0 amide bonds. The average molecular weight is 679 g/mol. The average Bonchev–Trinajstić information content (AvgIpc) is 3.19. The van der Waals surface area contributed by atoms with Crippen molar-refractivity contribution in [1.29, 1.82) is 0 Å². The Morgan fingerprint density at radius 3 is 1.24 bits per heavy atom. The van der Waals surface area contributed by atoms with Crippen molar-refractivity contribution in [2.75, 3.05) is 0 Å². The van der Waals surface area contributed by atoms with Gasteiger partial charge in [0.25, 0.3) is 0 Å². The maximum atomic E-state index is 3.30. The quantitative estimate of drug-likeness (QED) is 0.255. The molecule has 17 atom stereocenters. The van der Waals surface area contributed by atoms with Crippen LogP contribution in [0.3, 0.4) is 0 Å². The van der Waals surface area contributed by atoms with Crippen molar-refractivity contribution in [3.8, 4) is 0 Å². The van der Waals surface area contributed by atoms with Gasteiger partial charge in [-0.25, -0.2) is 0 Å². The number of allylic oxidation sites excluding steroid dienone is 2. The number of hydrogen-bond acceptors (Lipinski definition) is 0. The Labute approximate surface area is 309 Å². The van der Waals surface area contributed by atoms with Crippen LogP contribution in [-0.4, -0.2) is 0 Å². The Bertz CT molecular complexity index is 1210. The molecule has 0 aromatic heterocycles. The monoisotopic (exact) mass is 679 g/mol. The fourth-order valence-corrected chi connectivity index (χ4v) is 19.7. The molecule has 0 aliphatic heterocycles. The Morgan fingerprint density at radius 2 is 0.700 bits per heavy atom. The summed E-state index contributed by atoms with van der Waals surface area (Å²) in [5.41, 5.74) is 2.22. The third-order valence-electron chi connectivity index (χ3n) is 20.9. The van der Waals surface area contributed by atoms with Crippen LogP contribution < -0.4 is 0 Å². The highest BCUT2D eigenvalue weighted by atomic mass is 14.7. The van der Waals surface area contributed by atoms with Crippen LogP contribution in [-0.2, 0) is 0 Å². The largest absolute Gasteiger partial charge is 0.0810 e. The van der Waals surface area contributed by atoms with Crippen LogP contribution in [0.4, 0.5) is 0 Å². The van der Waals surface area contributed by atoms with Gasteiger partial charge in [0, 0.05) is 0 Å². The second-order valence-electron chi connectivity index (χ2n) is 22.2. The van der Waals surface area contributed by atoms with E-state index in [0.29, 0.717) is 0 Å². The molecule has 11 rings (SSSR count). The van der Waals surface area contributed by atoms with Crippen LogP contribution in [0, 0.1) is 112 Å². The standard InChI is InChI=1S/C50H78/c1-3-15-31(16-4-1)49-45-27-41-37-23-11-7-19-33(37)35-21-9-13-25-39(35)43(41)29-47(45)50(32-17-5-2-6-18-32)48-30-44-40-26-14-10-22-36(40)34-20-8-12-24-38(34)42(44)28-46(48)49/h27,31-44,46-50H,1-26,28-30H2. The smallest absolute Gasteiger partial charge is 0.0141 e. The summed E-state index contributed by atoms with van der Waals surface area (Å²) >= 11 is 0. The zero-order chi connectivity index (χ0) is 32.8. The topological polar surface area (TPSA) is 0 Å². The van der Waals surface area contributed by atoms with Crippen LogP contribution in [0.5, 0.6) is 0 Å². The zero-order valence-corrected chi connectivity index (χ0v) is 32.6. The molecule has 11 aliphatic rings. The minimum atomic E-state index is 0.984. The molecule has 0 spiro atoms. The minimum absolute atomic E-state index is 0.984. The highest BCUT2D eigenvalue weighted by Crippen LogP contribution is 2.70. The molecule has 0 bridgehead atoms. The predicted molar refractivity (Wildman–Crippen MR) is 208 cm³/mol. The second-order valence-corrected chi connectivity index (χ2v) is 22.2. The molecular formula is C50H78. The molecule has 10 saturated carbocycles. The van der Waals surface area contributed by atoms with E-state index in [1.54, 1.807) is 186 Å². The van der Waals surface area contributed by atoms with Gasteiger partial charge in [-0.1, -0.05) is 114 Å². The SMILES string of the molecule is C1=C2C(CC3C1C1CCCCC1C1CCCCC31)C(C1CCCCC1)C1CC3C4CCCCC4C4CCCCC4C3CC1C2C1CCCCC1. The van der Waals surface area contributed by atoms with E-state index in [0.717, 1.165) is 112 Å². The van der Waals surface area contributed by atoms with Gasteiger partial charge in [-0.2, -0.15) is 0 Å². The van der Waals surface area contributed by atoms with Crippen molar-refractivity contribution in [3.05, 3.63) is 11.6 Å². The number of fused-ring (bicyclic) bond motifs is 14. The summed E-state index contributed by atoms with van der Waals surface area (Å²) in [6.07, 6.45) is 49.7. The molecule has 0 aromatic rings. The van der Waals surface area contributed by atoms with E-state index in [1.165, 1.54) is 0 Å². The lowest BCUT2D eigenvalue weighted by Gasteiger charge is -2.66. The van der Waals surface area contributed by atoms with Crippen LogP contribution in [0.2, 0.25) is 0 Å². The van der Waals surface area contributed by atoms with Crippen LogP contribution >= 0.6 is 0 Å². The highest BCUT2D eigenvalue weighted by molar-refractivity contribution is 5.28. The third-order valence-corrected chi connectivity index (χ3v) is 20.9. The summed E-state index contributed by atoms with van der Waals surface area (Å²) in [5, 5.41) is 0. The van der Waals surface area contributed by atoms with Gasteiger partial charge in [-0.3, -0.25) is 0 Å². The summed E-state index contributed by atoms with van der Waals surface area (Å²) in [4.78, 5) is 0. The maximum absolute atomic E-state index is 3.30. The molecule has 11 aliphatic carbocycles. The van der Waals surface area contributed by atoms with Crippen LogP contribution in [0.15, 0.2) is 11.6 Å². The molecule has 17 unspecified atom stereocenters. The zero-order valence-electron chi connectivity index (χ0n) is 32.6. The fourth-order valence-electron chi connectivity index (χ4n) is 19.7. The molecule has 0 radical (unpaired) electrons. The van der Waals surface area contributed by atoms with Gasteiger partial charge in [0.15, 0.2) is 0 Å². The first kappa shape index (κ1) is 33.1. The first-order chi connectivity index (χ1) is 24.8. The van der Waals surface area contributed by atoms with Gasteiger partial charge in [-0.05, 0) is 196 Å². The van der Waals surface area contributed by atoms with E-state index in [1.807, 2.05) is 0 Å². The maximum Gasteiger partial charge on any atom is -0.0141 e. The van der Waals surface area contributed by atoms with E-state index in [-0.39, 0.29) is 0 Å². The molecule has 10 fully saturated rings. The highest BCUT2D eigenvalue weighted by Gasteiger charge is 2.62.